The van der Waals surface area contributed by atoms with Gasteiger partial charge in [-0.3, -0.25) is 52.7 Å². The van der Waals surface area contributed by atoms with E-state index in [4.69, 9.17) is 11.6 Å². The number of alkyl halides is 3. The molecule has 2 aromatic carbocycles. The minimum atomic E-state index is -4.75. The van der Waals surface area contributed by atoms with Crippen LogP contribution in [0.15, 0.2) is 42.5 Å². The molecule has 22 nitrogen and oxygen atoms in total. The van der Waals surface area contributed by atoms with Crippen LogP contribution in [0.5, 0.6) is 0 Å². The highest BCUT2D eigenvalue weighted by Gasteiger charge is 2.50. The Bertz CT molecular complexity index is 3010. The van der Waals surface area contributed by atoms with E-state index >= 15 is 9.59 Å². The topological polar surface area (TPSA) is 259 Å². The Morgan fingerprint density at radius 1 is 0.637 bits per heavy atom. The molecule has 0 radical (unpaired) electrons. The molecule has 4 N–H and O–H groups in total. The van der Waals surface area contributed by atoms with Crippen molar-refractivity contribution in [3.05, 3.63) is 69.7 Å². The lowest BCUT2D eigenvalue weighted by molar-refractivity contribution is -0.150. The second-order valence-corrected chi connectivity index (χ2v) is 26.1. The van der Waals surface area contributed by atoms with Crippen LogP contribution in [0.1, 0.15) is 140 Å². The highest BCUT2D eigenvalue weighted by atomic mass is 35.5. The maximum Gasteiger partial charge on any atom is 0.417 e. The average molecular weight is 1300 g/mol. The molecule has 6 rings (SSSR count). The Morgan fingerprint density at radius 3 is 1.84 bits per heavy atom. The van der Waals surface area contributed by atoms with Crippen molar-refractivity contribution < 1.29 is 65.9 Å². The maximum atomic E-state index is 15.2. The summed E-state index contributed by atoms with van der Waals surface area (Å²) < 4.78 is 41.4. The summed E-state index contributed by atoms with van der Waals surface area (Å²) in [5.41, 5.74) is -0.699. The van der Waals surface area contributed by atoms with Crippen LogP contribution in [0.25, 0.3) is 0 Å². The first-order valence-electron chi connectivity index (χ1n) is 31.7. The number of halogens is 4. The minimum absolute atomic E-state index is 0.0475. The zero-order valence-electron chi connectivity index (χ0n) is 54.7. The van der Waals surface area contributed by atoms with E-state index in [2.05, 4.69) is 21.3 Å². The second-order valence-electron chi connectivity index (χ2n) is 25.7. The van der Waals surface area contributed by atoms with Gasteiger partial charge < -0.3 is 55.6 Å². The lowest BCUT2D eigenvalue weighted by Crippen LogP contribution is -2.64. The smallest absolute Gasteiger partial charge is 0.351 e. The van der Waals surface area contributed by atoms with E-state index in [1.807, 2.05) is 26.0 Å². The van der Waals surface area contributed by atoms with Crippen LogP contribution in [-0.2, 0) is 71.8 Å². The molecular weight excluding hydrogens is 1200 g/mol. The summed E-state index contributed by atoms with van der Waals surface area (Å²) in [6.45, 7) is 8.96. The Balaban J connectivity index is 1.38. The number of carbonyl (C=O) groups is 11. The minimum Gasteiger partial charge on any atom is -0.351 e. The highest BCUT2D eigenvalue weighted by Crippen LogP contribution is 2.38. The maximum absolute atomic E-state index is 15.2. The first-order chi connectivity index (χ1) is 42.7. The standard InChI is InChI=1S/C65H93ClF3N11O11/c1-13-39(3)54-62(90)75(8)36-52(82)74(7)37-53(83)78(11)50(35-44-24-22-38(2)23-25-44)61(89)77(10)42(6)56(84)71-48(29-27-43-26-28-46(47(66)34-43)65(67,68)69)60(88)80-32-18-21-49(80)58(86)73-64(30-16-17-31-64)63(91)79(12)55(45-19-14-15-20-45)59(87)70-40(4)33-51(81)76(9)41(5)57(85)72-54/h22-26,28,34,39-42,45,48-50,54-55H,13-21,27,29-33,35-37H2,1-12H3,(H,70,87)(H,71,84)(H,72,85)(H,73,86)/t39-,40+,41-,42+,48-,49?,50-,54-,55-/m0/s1. The predicted octanol–water partition coefficient (Wildman–Crippen LogP) is 4.64. The number of likely N-dealkylation sites (N-methyl/N-ethyl adjacent to an activating group) is 6. The quantitative estimate of drug-likeness (QED) is 0.283. The molecule has 2 saturated heterocycles. The summed E-state index contributed by atoms with van der Waals surface area (Å²) in [7, 11) is 8.41. The number of amides is 11. The number of benzene rings is 2. The van der Waals surface area contributed by atoms with Crippen molar-refractivity contribution in [3.8, 4) is 0 Å². The number of hydrogen-bond donors (Lipinski definition) is 4. The van der Waals surface area contributed by atoms with Gasteiger partial charge in [0.1, 0.15) is 47.8 Å². The molecule has 4 fully saturated rings. The van der Waals surface area contributed by atoms with E-state index in [9.17, 15) is 56.3 Å². The van der Waals surface area contributed by atoms with E-state index in [1.165, 1.54) is 76.9 Å². The van der Waals surface area contributed by atoms with Crippen LogP contribution in [0, 0.1) is 18.8 Å². The van der Waals surface area contributed by atoms with Gasteiger partial charge in [0, 0.05) is 67.7 Å². The number of rotatable bonds is 8. The normalized spacial score (nSPS) is 26.7. The molecule has 4 aliphatic rings. The lowest BCUT2D eigenvalue weighted by Gasteiger charge is -2.40. The number of nitrogens with zero attached hydrogens (tertiary/aromatic N) is 7. The van der Waals surface area contributed by atoms with Crippen LogP contribution in [-0.4, -0.2) is 215 Å². The summed E-state index contributed by atoms with van der Waals surface area (Å²) in [6.07, 6.45) is 0.00980. The third kappa shape index (κ3) is 17.8. The molecule has 26 heteroatoms. The molecule has 11 amide bonds. The summed E-state index contributed by atoms with van der Waals surface area (Å²) >= 11 is 6.13. The van der Waals surface area contributed by atoms with Crippen molar-refractivity contribution in [2.24, 2.45) is 11.8 Å². The zero-order valence-corrected chi connectivity index (χ0v) is 55.4. The van der Waals surface area contributed by atoms with Gasteiger partial charge in [-0.05, 0) is 114 Å². The zero-order chi connectivity index (χ0) is 67.6. The molecule has 2 saturated carbocycles. The van der Waals surface area contributed by atoms with Crippen molar-refractivity contribution in [1.82, 2.24) is 55.6 Å². The largest absolute Gasteiger partial charge is 0.417 e. The van der Waals surface area contributed by atoms with Crippen LogP contribution in [0.3, 0.4) is 0 Å². The predicted molar refractivity (Wildman–Crippen MR) is 334 cm³/mol. The van der Waals surface area contributed by atoms with E-state index in [0.717, 1.165) is 50.1 Å². The van der Waals surface area contributed by atoms with Crippen molar-refractivity contribution in [3.63, 3.8) is 0 Å². The fourth-order valence-electron chi connectivity index (χ4n) is 12.7. The molecule has 0 aromatic heterocycles. The molecule has 2 heterocycles. The molecular formula is C65H93ClF3N11O11. The third-order valence-electron chi connectivity index (χ3n) is 19.1. The Morgan fingerprint density at radius 2 is 1.23 bits per heavy atom. The van der Waals surface area contributed by atoms with Crippen LogP contribution in [0.4, 0.5) is 13.2 Å². The van der Waals surface area contributed by atoms with E-state index < -0.39 is 155 Å². The van der Waals surface area contributed by atoms with Gasteiger partial charge in [-0.2, -0.15) is 13.2 Å². The molecule has 2 aliphatic carbocycles. The average Bonchev–Trinajstić information content (AvgIpc) is 1.80. The number of nitrogens with one attached hydrogen (secondary N) is 4. The Kier molecular flexibility index (Phi) is 25.1. The molecule has 2 aliphatic heterocycles. The molecule has 1 unspecified atom stereocenters. The van der Waals surface area contributed by atoms with Crippen molar-refractivity contribution in [2.75, 3.05) is 61.9 Å². The second kappa shape index (κ2) is 31.3. The first-order valence-corrected chi connectivity index (χ1v) is 32.1. The molecule has 2 aromatic rings. The van der Waals surface area contributed by atoms with E-state index in [0.29, 0.717) is 49.7 Å². The van der Waals surface area contributed by atoms with Gasteiger partial charge in [-0.15, -0.1) is 0 Å². The summed E-state index contributed by atoms with van der Waals surface area (Å²) in [5, 5.41) is 11.0. The Labute approximate surface area is 537 Å². The van der Waals surface area contributed by atoms with Gasteiger partial charge >= 0.3 is 6.18 Å². The summed E-state index contributed by atoms with van der Waals surface area (Å²) in [5.74, 6) is -7.77. The third-order valence-corrected chi connectivity index (χ3v) is 19.5. The Hall–Kier alpha value is -7.31. The number of aryl methyl sites for hydroxylation is 2. The van der Waals surface area contributed by atoms with Crippen LogP contribution >= 0.6 is 11.6 Å². The fourth-order valence-corrected chi connectivity index (χ4v) is 13.0. The molecule has 91 heavy (non-hydrogen) atoms. The van der Waals surface area contributed by atoms with Gasteiger partial charge in [-0.1, -0.05) is 93.4 Å². The van der Waals surface area contributed by atoms with Gasteiger partial charge in [0.25, 0.3) is 0 Å². The van der Waals surface area contributed by atoms with Gasteiger partial charge in [-0.25, -0.2) is 0 Å². The van der Waals surface area contributed by atoms with Gasteiger partial charge in [0.2, 0.25) is 65.0 Å². The summed E-state index contributed by atoms with van der Waals surface area (Å²) in [6, 6.07) is 1.10. The fraction of sp³-hybridized carbons (Fsp3) is 0.646. The van der Waals surface area contributed by atoms with Gasteiger partial charge in [0.05, 0.1) is 23.7 Å². The van der Waals surface area contributed by atoms with Gasteiger partial charge in [0.15, 0.2) is 0 Å². The molecule has 1 spiro atoms. The van der Waals surface area contributed by atoms with Crippen LogP contribution in [0.2, 0.25) is 5.02 Å². The molecule has 9 atom stereocenters. The highest BCUT2D eigenvalue weighted by molar-refractivity contribution is 6.31. The first kappa shape index (κ1) is 72.7. The number of hydrogen-bond acceptors (Lipinski definition) is 11. The van der Waals surface area contributed by atoms with E-state index in [1.54, 1.807) is 26.0 Å². The van der Waals surface area contributed by atoms with Crippen molar-refractivity contribution in [1.29, 1.82) is 0 Å². The SMILES string of the molecule is CC[C@H](C)[C@@H]1NC(=O)[C@H](C)N(C)C(=O)C[C@@H](C)NC(=O)[C@H](C2CCCC2)N(C)C(=O)C2(CCCC2)NC(=O)C2CCCN2C(=O)[C@H](CCc2ccc(C(F)(F)F)c(Cl)c2)NC(=O)[C@@H](C)N(C)C(=O)[C@H](Cc2ccc(C)cc2)N(C)C(=O)CN(C)C(=O)CN(C)C1=O. The van der Waals surface area contributed by atoms with Crippen LogP contribution < -0.4 is 21.3 Å². The number of fused-ring (bicyclic) bond motifs is 1. The van der Waals surface area contributed by atoms with Crippen molar-refractivity contribution in [2.45, 2.75) is 198 Å². The lowest BCUT2D eigenvalue weighted by atomic mass is 9.90. The summed E-state index contributed by atoms with van der Waals surface area (Å²) in [4.78, 5) is 168. The monoisotopic (exact) mass is 1300 g/mol. The van der Waals surface area contributed by atoms with E-state index in [-0.39, 0.29) is 57.4 Å². The van der Waals surface area contributed by atoms with Crippen molar-refractivity contribution >= 4 is 76.6 Å². The molecule has 502 valence electrons. The number of carbonyl (C=O) groups excluding carboxylic acids is 11. The molecule has 0 bridgehead atoms.